The average molecular weight is 527 g/mol. The van der Waals surface area contributed by atoms with E-state index in [4.69, 9.17) is 9.47 Å². The summed E-state index contributed by atoms with van der Waals surface area (Å²) in [4.78, 5) is 18.8. The zero-order valence-electron chi connectivity index (χ0n) is 18.0. The van der Waals surface area contributed by atoms with Crippen molar-refractivity contribution >= 4 is 40.8 Å². The Morgan fingerprint density at radius 3 is 2.45 bits per heavy atom. The van der Waals surface area contributed by atoms with Crippen LogP contribution in [0.4, 0.5) is 0 Å². The van der Waals surface area contributed by atoms with Crippen molar-refractivity contribution in [2.75, 3.05) is 26.8 Å². The number of aromatic nitrogens is 1. The van der Waals surface area contributed by atoms with Crippen LogP contribution in [0.25, 0.3) is 22.2 Å². The SMILES string of the molecule is CCOC(=O)c1c(-c2ccc(OC)cc2)[nH]c2ccc(O)c(CN3CCCCC3)c12.[Sn]. The van der Waals surface area contributed by atoms with Crippen LogP contribution in [-0.4, -0.2) is 71.7 Å². The zero-order chi connectivity index (χ0) is 21.1. The molecule has 4 radical (unpaired) electrons. The topological polar surface area (TPSA) is 74.8 Å². The van der Waals surface area contributed by atoms with E-state index in [0.717, 1.165) is 53.7 Å². The van der Waals surface area contributed by atoms with Crippen molar-refractivity contribution in [2.45, 2.75) is 32.7 Å². The molecule has 1 fully saturated rings. The van der Waals surface area contributed by atoms with Crippen molar-refractivity contribution in [3.63, 3.8) is 0 Å². The normalized spacial score (nSPS) is 14.3. The first-order valence-electron chi connectivity index (χ1n) is 10.5. The second-order valence-electron chi connectivity index (χ2n) is 7.65. The van der Waals surface area contributed by atoms with E-state index in [0.29, 0.717) is 17.8 Å². The summed E-state index contributed by atoms with van der Waals surface area (Å²) >= 11 is 0. The quantitative estimate of drug-likeness (QED) is 0.369. The minimum absolute atomic E-state index is 0. The maximum absolute atomic E-state index is 13.0. The first-order chi connectivity index (χ1) is 14.6. The Balaban J connectivity index is 0.00000272. The van der Waals surface area contributed by atoms with Crippen molar-refractivity contribution in [3.05, 3.63) is 47.5 Å². The Morgan fingerprint density at radius 1 is 1.10 bits per heavy atom. The second kappa shape index (κ2) is 10.4. The van der Waals surface area contributed by atoms with E-state index in [-0.39, 0.29) is 42.2 Å². The number of piperidine rings is 1. The van der Waals surface area contributed by atoms with Gasteiger partial charge in [0.1, 0.15) is 11.5 Å². The number of nitrogens with zero attached hydrogens (tertiary/aromatic N) is 1. The summed E-state index contributed by atoms with van der Waals surface area (Å²) in [6.45, 7) is 4.69. The summed E-state index contributed by atoms with van der Waals surface area (Å²) in [7, 11) is 1.62. The van der Waals surface area contributed by atoms with Gasteiger partial charge in [0.2, 0.25) is 0 Å². The van der Waals surface area contributed by atoms with Gasteiger partial charge in [0, 0.05) is 46.9 Å². The van der Waals surface area contributed by atoms with Gasteiger partial charge in [-0.3, -0.25) is 4.90 Å². The van der Waals surface area contributed by atoms with Crippen LogP contribution in [-0.2, 0) is 11.3 Å². The third kappa shape index (κ3) is 4.85. The van der Waals surface area contributed by atoms with Crippen molar-refractivity contribution in [3.8, 4) is 22.8 Å². The van der Waals surface area contributed by atoms with Crippen LogP contribution in [0.3, 0.4) is 0 Å². The minimum Gasteiger partial charge on any atom is -0.508 e. The van der Waals surface area contributed by atoms with Crippen LogP contribution in [0.2, 0.25) is 0 Å². The number of phenolic OH excluding ortho intramolecular Hbond substituents is 1. The second-order valence-corrected chi connectivity index (χ2v) is 7.65. The Labute approximate surface area is 199 Å². The summed E-state index contributed by atoms with van der Waals surface area (Å²) in [6.07, 6.45) is 3.56. The standard InChI is InChI=1S/C24H28N2O4.Sn/c1-3-30-24(28)22-21-18(15-26-13-5-4-6-14-26)20(27)12-11-19(21)25-23(22)16-7-9-17(29-2)10-8-16;/h7-12,25,27H,3-6,13-15H2,1-2H3;. The number of esters is 1. The summed E-state index contributed by atoms with van der Waals surface area (Å²) < 4.78 is 10.7. The van der Waals surface area contributed by atoms with Crippen LogP contribution in [0.15, 0.2) is 36.4 Å². The smallest absolute Gasteiger partial charge is 0.340 e. The molecule has 2 aromatic carbocycles. The molecule has 0 unspecified atom stereocenters. The number of benzene rings is 2. The Kier molecular flexibility index (Phi) is 7.88. The first kappa shape index (κ1) is 23.5. The van der Waals surface area contributed by atoms with E-state index in [2.05, 4.69) is 9.88 Å². The predicted molar refractivity (Wildman–Crippen MR) is 123 cm³/mol. The molecule has 6 nitrogen and oxygen atoms in total. The van der Waals surface area contributed by atoms with E-state index in [1.54, 1.807) is 20.1 Å². The third-order valence-corrected chi connectivity index (χ3v) is 5.74. The van der Waals surface area contributed by atoms with Crippen LogP contribution in [0, 0.1) is 0 Å². The van der Waals surface area contributed by atoms with Crippen molar-refractivity contribution in [2.24, 2.45) is 0 Å². The molecule has 4 rings (SSSR count). The number of H-pyrrole nitrogens is 1. The Bertz CT molecular complexity index is 1040. The van der Waals surface area contributed by atoms with Gasteiger partial charge >= 0.3 is 5.97 Å². The summed E-state index contributed by atoms with van der Waals surface area (Å²) in [5.74, 6) is 0.565. The van der Waals surface area contributed by atoms with Crippen molar-refractivity contribution in [1.82, 2.24) is 9.88 Å². The number of nitrogens with one attached hydrogen (secondary N) is 1. The minimum atomic E-state index is -0.389. The number of rotatable bonds is 6. The number of carbonyl (C=O) groups excluding carboxylic acids is 1. The molecule has 31 heavy (non-hydrogen) atoms. The number of hydrogen-bond acceptors (Lipinski definition) is 5. The number of ether oxygens (including phenoxy) is 2. The molecule has 162 valence electrons. The molecule has 0 bridgehead atoms. The van der Waals surface area contributed by atoms with Crippen molar-refractivity contribution in [1.29, 1.82) is 0 Å². The zero-order valence-corrected chi connectivity index (χ0v) is 20.9. The average Bonchev–Trinajstić information content (AvgIpc) is 3.17. The molecule has 0 aliphatic carbocycles. The summed E-state index contributed by atoms with van der Waals surface area (Å²) in [5.41, 5.74) is 3.61. The molecule has 0 amide bonds. The molecular formula is C24H28N2O4Sn. The van der Waals surface area contributed by atoms with E-state index in [1.165, 1.54) is 6.42 Å². The van der Waals surface area contributed by atoms with Crippen LogP contribution in [0.1, 0.15) is 42.1 Å². The van der Waals surface area contributed by atoms with Gasteiger partial charge in [-0.2, -0.15) is 0 Å². The van der Waals surface area contributed by atoms with Gasteiger partial charge in [-0.1, -0.05) is 6.42 Å². The number of carbonyl (C=O) groups is 1. The number of likely N-dealkylation sites (tertiary alicyclic amines) is 1. The van der Waals surface area contributed by atoms with E-state index in [9.17, 15) is 9.90 Å². The van der Waals surface area contributed by atoms with E-state index in [1.807, 2.05) is 30.3 Å². The van der Waals surface area contributed by atoms with Gasteiger partial charge in [0.15, 0.2) is 0 Å². The molecule has 7 heteroatoms. The molecule has 1 aromatic heterocycles. The molecule has 1 aliphatic rings. The van der Waals surface area contributed by atoms with Gasteiger partial charge < -0.3 is 19.6 Å². The Hall–Kier alpha value is -2.19. The summed E-state index contributed by atoms with van der Waals surface area (Å²) in [6, 6.07) is 11.1. The molecular weight excluding hydrogens is 499 g/mol. The van der Waals surface area contributed by atoms with Gasteiger partial charge in [0.05, 0.1) is 25.0 Å². The number of aromatic amines is 1. The predicted octanol–water partition coefficient (Wildman–Crippen LogP) is 4.33. The summed E-state index contributed by atoms with van der Waals surface area (Å²) in [5, 5.41) is 11.5. The maximum Gasteiger partial charge on any atom is 0.340 e. The number of phenols is 1. The number of fused-ring (bicyclic) bond motifs is 1. The monoisotopic (exact) mass is 528 g/mol. The molecule has 0 spiro atoms. The van der Waals surface area contributed by atoms with Gasteiger partial charge in [-0.05, 0) is 74.8 Å². The molecule has 2 N–H and O–H groups in total. The number of aromatic hydroxyl groups is 1. The van der Waals surface area contributed by atoms with Gasteiger partial charge in [-0.25, -0.2) is 4.79 Å². The van der Waals surface area contributed by atoms with Gasteiger partial charge in [0.25, 0.3) is 0 Å². The van der Waals surface area contributed by atoms with E-state index >= 15 is 0 Å². The van der Waals surface area contributed by atoms with Crippen molar-refractivity contribution < 1.29 is 19.4 Å². The number of hydrogen-bond donors (Lipinski definition) is 2. The Morgan fingerprint density at radius 2 is 1.81 bits per heavy atom. The molecule has 0 atom stereocenters. The molecule has 1 aliphatic heterocycles. The fraction of sp³-hybridized carbons (Fsp3) is 0.375. The molecule has 1 saturated heterocycles. The fourth-order valence-corrected chi connectivity index (χ4v) is 4.23. The third-order valence-electron chi connectivity index (χ3n) is 5.74. The van der Waals surface area contributed by atoms with Crippen LogP contribution < -0.4 is 4.74 Å². The van der Waals surface area contributed by atoms with Gasteiger partial charge in [-0.15, -0.1) is 0 Å². The molecule has 3 aromatic rings. The largest absolute Gasteiger partial charge is 0.508 e. The van der Waals surface area contributed by atoms with Crippen LogP contribution in [0.5, 0.6) is 11.5 Å². The maximum atomic E-state index is 13.0. The van der Waals surface area contributed by atoms with E-state index < -0.39 is 0 Å². The fourth-order valence-electron chi connectivity index (χ4n) is 4.23. The van der Waals surface area contributed by atoms with Crippen LogP contribution >= 0.6 is 0 Å². The first-order valence-corrected chi connectivity index (χ1v) is 10.5. The number of methoxy groups -OCH3 is 1. The molecule has 0 saturated carbocycles. The molecule has 2 heterocycles.